The Labute approximate surface area is 189 Å². The second-order valence-corrected chi connectivity index (χ2v) is 7.60. The van der Waals surface area contributed by atoms with Gasteiger partial charge in [-0.1, -0.05) is 68.7 Å². The second-order valence-electron chi connectivity index (χ2n) is 7.60. The molecule has 32 heavy (non-hydrogen) atoms. The summed E-state index contributed by atoms with van der Waals surface area (Å²) in [6, 6.07) is 23.7. The number of ether oxygens (including phenoxy) is 1. The zero-order valence-corrected chi connectivity index (χ0v) is 18.5. The van der Waals surface area contributed by atoms with E-state index in [0.29, 0.717) is 30.0 Å². The molecular formula is C27H30N2O3. The summed E-state index contributed by atoms with van der Waals surface area (Å²) in [5.41, 5.74) is 2.40. The standard InChI is InChI=1S/C27H30N2O3/c1-2-3-4-10-19-32-23-17-15-22(16-18-23)26(30)29-25-14-9-8-13-24(25)27(31)28-20-21-11-6-5-7-12-21/h5-9,11-18H,2-4,10,19-20H2,1H3,(H,28,31)(H,29,30). The number of benzene rings is 3. The Bertz CT molecular complexity index is 1000. The fourth-order valence-corrected chi connectivity index (χ4v) is 3.28. The summed E-state index contributed by atoms with van der Waals surface area (Å²) in [4.78, 5) is 25.4. The molecule has 0 saturated carbocycles. The van der Waals surface area contributed by atoms with Gasteiger partial charge in [0, 0.05) is 12.1 Å². The third kappa shape index (κ3) is 6.98. The van der Waals surface area contributed by atoms with Gasteiger partial charge in [-0.25, -0.2) is 0 Å². The quantitative estimate of drug-likeness (QED) is 0.376. The summed E-state index contributed by atoms with van der Waals surface area (Å²) in [5.74, 6) is 0.234. The van der Waals surface area contributed by atoms with E-state index in [4.69, 9.17) is 4.74 Å². The first-order chi connectivity index (χ1) is 15.7. The van der Waals surface area contributed by atoms with Crippen molar-refractivity contribution in [2.24, 2.45) is 0 Å². The minimum Gasteiger partial charge on any atom is -0.494 e. The molecule has 0 fully saturated rings. The predicted octanol–water partition coefficient (Wildman–Crippen LogP) is 5.83. The fourth-order valence-electron chi connectivity index (χ4n) is 3.28. The molecule has 0 aliphatic carbocycles. The monoisotopic (exact) mass is 430 g/mol. The highest BCUT2D eigenvalue weighted by molar-refractivity contribution is 6.09. The van der Waals surface area contributed by atoms with E-state index in [1.54, 1.807) is 48.5 Å². The highest BCUT2D eigenvalue weighted by Crippen LogP contribution is 2.18. The summed E-state index contributed by atoms with van der Waals surface area (Å²) in [6.07, 6.45) is 4.60. The average molecular weight is 431 g/mol. The van der Waals surface area contributed by atoms with Gasteiger partial charge in [0.2, 0.25) is 0 Å². The van der Waals surface area contributed by atoms with Crippen LogP contribution in [0.4, 0.5) is 5.69 Å². The molecule has 2 N–H and O–H groups in total. The Morgan fingerprint density at radius 3 is 2.25 bits per heavy atom. The van der Waals surface area contributed by atoms with Crippen molar-refractivity contribution in [2.75, 3.05) is 11.9 Å². The molecule has 0 aliphatic rings. The van der Waals surface area contributed by atoms with Crippen molar-refractivity contribution < 1.29 is 14.3 Å². The maximum atomic E-state index is 12.7. The second kappa shape index (κ2) is 12.3. The molecule has 0 atom stereocenters. The summed E-state index contributed by atoms with van der Waals surface area (Å²) in [6.45, 7) is 3.28. The van der Waals surface area contributed by atoms with Crippen LogP contribution in [-0.2, 0) is 6.54 Å². The number of carbonyl (C=O) groups excluding carboxylic acids is 2. The Kier molecular flexibility index (Phi) is 8.87. The van der Waals surface area contributed by atoms with E-state index in [0.717, 1.165) is 24.2 Å². The van der Waals surface area contributed by atoms with Gasteiger partial charge < -0.3 is 15.4 Å². The van der Waals surface area contributed by atoms with Crippen LogP contribution in [-0.4, -0.2) is 18.4 Å². The van der Waals surface area contributed by atoms with E-state index in [9.17, 15) is 9.59 Å². The van der Waals surface area contributed by atoms with Crippen molar-refractivity contribution in [3.8, 4) is 5.75 Å². The minimum absolute atomic E-state index is 0.239. The highest BCUT2D eigenvalue weighted by atomic mass is 16.5. The minimum atomic E-state index is -0.275. The Balaban J connectivity index is 1.57. The van der Waals surface area contributed by atoms with Crippen LogP contribution >= 0.6 is 0 Å². The summed E-state index contributed by atoms with van der Waals surface area (Å²) in [5, 5.41) is 5.75. The lowest BCUT2D eigenvalue weighted by atomic mass is 10.1. The predicted molar refractivity (Wildman–Crippen MR) is 128 cm³/mol. The molecular weight excluding hydrogens is 400 g/mol. The van der Waals surface area contributed by atoms with E-state index in [-0.39, 0.29) is 11.8 Å². The SMILES string of the molecule is CCCCCCOc1ccc(C(=O)Nc2ccccc2C(=O)NCc2ccccc2)cc1. The number of para-hydroxylation sites is 1. The molecule has 0 aliphatic heterocycles. The zero-order valence-electron chi connectivity index (χ0n) is 18.5. The van der Waals surface area contributed by atoms with Crippen molar-refractivity contribution in [2.45, 2.75) is 39.2 Å². The first-order valence-electron chi connectivity index (χ1n) is 11.1. The van der Waals surface area contributed by atoms with Crippen LogP contribution in [0.25, 0.3) is 0 Å². The van der Waals surface area contributed by atoms with Crippen molar-refractivity contribution in [1.29, 1.82) is 0 Å². The molecule has 5 nitrogen and oxygen atoms in total. The zero-order chi connectivity index (χ0) is 22.6. The Hall–Kier alpha value is -3.60. The lowest BCUT2D eigenvalue weighted by Crippen LogP contribution is -2.24. The molecule has 3 rings (SSSR count). The van der Waals surface area contributed by atoms with E-state index in [1.165, 1.54) is 12.8 Å². The topological polar surface area (TPSA) is 67.4 Å². The molecule has 3 aromatic rings. The van der Waals surface area contributed by atoms with Crippen molar-refractivity contribution in [3.63, 3.8) is 0 Å². The van der Waals surface area contributed by atoms with E-state index in [1.807, 2.05) is 30.3 Å². The van der Waals surface area contributed by atoms with Gasteiger partial charge in [-0.2, -0.15) is 0 Å². The van der Waals surface area contributed by atoms with E-state index >= 15 is 0 Å². The van der Waals surface area contributed by atoms with Gasteiger partial charge in [0.1, 0.15) is 5.75 Å². The van der Waals surface area contributed by atoms with Gasteiger partial charge in [0.05, 0.1) is 17.9 Å². The normalized spacial score (nSPS) is 10.4. The molecule has 0 radical (unpaired) electrons. The number of carbonyl (C=O) groups is 2. The number of anilines is 1. The van der Waals surface area contributed by atoms with Crippen molar-refractivity contribution >= 4 is 17.5 Å². The molecule has 2 amide bonds. The number of hydrogen-bond acceptors (Lipinski definition) is 3. The molecule has 166 valence electrons. The van der Waals surface area contributed by atoms with Crippen LogP contribution in [0.1, 0.15) is 58.9 Å². The van der Waals surface area contributed by atoms with E-state index in [2.05, 4.69) is 17.6 Å². The fraction of sp³-hybridized carbons (Fsp3) is 0.259. The molecule has 0 heterocycles. The number of unbranched alkanes of at least 4 members (excludes halogenated alkanes) is 3. The maximum absolute atomic E-state index is 12.7. The van der Waals surface area contributed by atoms with Gasteiger partial charge in [0.15, 0.2) is 0 Å². The van der Waals surface area contributed by atoms with Crippen LogP contribution < -0.4 is 15.4 Å². The van der Waals surface area contributed by atoms with Gasteiger partial charge in [-0.3, -0.25) is 9.59 Å². The lowest BCUT2D eigenvalue weighted by molar-refractivity contribution is 0.0952. The molecule has 5 heteroatoms. The maximum Gasteiger partial charge on any atom is 0.255 e. The highest BCUT2D eigenvalue weighted by Gasteiger charge is 2.14. The molecule has 0 spiro atoms. The summed E-state index contributed by atoms with van der Waals surface area (Å²) >= 11 is 0. The number of nitrogens with one attached hydrogen (secondary N) is 2. The lowest BCUT2D eigenvalue weighted by Gasteiger charge is -2.12. The first kappa shape index (κ1) is 23.1. The number of amides is 2. The van der Waals surface area contributed by atoms with Gasteiger partial charge in [-0.05, 0) is 48.4 Å². The molecule has 0 saturated heterocycles. The third-order valence-electron chi connectivity index (χ3n) is 5.10. The van der Waals surface area contributed by atoms with Crippen molar-refractivity contribution in [3.05, 3.63) is 95.6 Å². The third-order valence-corrected chi connectivity index (χ3v) is 5.10. The number of rotatable bonds is 11. The van der Waals surface area contributed by atoms with Crippen LogP contribution in [0.2, 0.25) is 0 Å². The molecule has 3 aromatic carbocycles. The van der Waals surface area contributed by atoms with E-state index < -0.39 is 0 Å². The molecule has 0 aromatic heterocycles. The molecule has 0 unspecified atom stereocenters. The summed E-state index contributed by atoms with van der Waals surface area (Å²) < 4.78 is 5.73. The molecule has 0 bridgehead atoms. The number of hydrogen-bond donors (Lipinski definition) is 2. The van der Waals surface area contributed by atoms with Crippen molar-refractivity contribution in [1.82, 2.24) is 5.32 Å². The Morgan fingerprint density at radius 2 is 1.50 bits per heavy atom. The van der Waals surface area contributed by atoms with Crippen LogP contribution in [0.5, 0.6) is 5.75 Å². The van der Waals surface area contributed by atoms with Crippen LogP contribution in [0.3, 0.4) is 0 Å². The average Bonchev–Trinajstić information content (AvgIpc) is 2.84. The largest absolute Gasteiger partial charge is 0.494 e. The summed E-state index contributed by atoms with van der Waals surface area (Å²) in [7, 11) is 0. The van der Waals surface area contributed by atoms with Gasteiger partial charge >= 0.3 is 0 Å². The van der Waals surface area contributed by atoms with Crippen LogP contribution in [0.15, 0.2) is 78.9 Å². The smallest absolute Gasteiger partial charge is 0.255 e. The van der Waals surface area contributed by atoms with Crippen LogP contribution in [0, 0.1) is 0 Å². The first-order valence-corrected chi connectivity index (χ1v) is 11.1. The van der Waals surface area contributed by atoms with Gasteiger partial charge in [0.25, 0.3) is 11.8 Å². The van der Waals surface area contributed by atoms with Gasteiger partial charge in [-0.15, -0.1) is 0 Å². The Morgan fingerprint density at radius 1 is 0.781 bits per heavy atom.